The Hall–Kier alpha value is -0.570. The first-order valence-corrected chi connectivity index (χ1v) is 4.95. The third kappa shape index (κ3) is 5.64. The van der Waals surface area contributed by atoms with Crippen LogP contribution in [0.5, 0.6) is 0 Å². The molecule has 0 saturated carbocycles. The third-order valence-electron chi connectivity index (χ3n) is 1.90. The second kappa shape index (κ2) is 8.05. The molecule has 0 aliphatic rings. The van der Waals surface area contributed by atoms with Gasteiger partial charge in [-0.15, -0.1) is 0 Å². The summed E-state index contributed by atoms with van der Waals surface area (Å²) in [6, 6.07) is 0. The molecule has 0 aromatic rings. The van der Waals surface area contributed by atoms with Crippen molar-refractivity contribution in [3.05, 3.63) is 0 Å². The Labute approximate surface area is 80.4 Å². The fraction of sp³-hybridized carbons (Fsp3) is 0.900. The van der Waals surface area contributed by atoms with Crippen LogP contribution in [0.25, 0.3) is 0 Å². The summed E-state index contributed by atoms with van der Waals surface area (Å²) >= 11 is 0. The first-order valence-electron chi connectivity index (χ1n) is 4.95. The third-order valence-corrected chi connectivity index (χ3v) is 1.90. The SMILES string of the molecule is CCCCCC(OC)C(=O)OCC. The van der Waals surface area contributed by atoms with E-state index >= 15 is 0 Å². The molecule has 0 spiro atoms. The average Bonchev–Trinajstić information content (AvgIpc) is 2.13. The summed E-state index contributed by atoms with van der Waals surface area (Å²) in [7, 11) is 1.55. The summed E-state index contributed by atoms with van der Waals surface area (Å²) in [5.74, 6) is -0.235. The van der Waals surface area contributed by atoms with Crippen molar-refractivity contribution < 1.29 is 14.3 Å². The number of hydrogen-bond acceptors (Lipinski definition) is 3. The van der Waals surface area contributed by atoms with Crippen molar-refractivity contribution in [2.45, 2.75) is 45.6 Å². The van der Waals surface area contributed by atoms with Gasteiger partial charge in [0.1, 0.15) is 0 Å². The number of rotatable bonds is 7. The van der Waals surface area contributed by atoms with Gasteiger partial charge in [0.15, 0.2) is 6.10 Å². The zero-order chi connectivity index (χ0) is 10.1. The number of esters is 1. The quantitative estimate of drug-likeness (QED) is 0.453. The molecule has 3 heteroatoms. The lowest BCUT2D eigenvalue weighted by atomic mass is 10.1. The van der Waals surface area contributed by atoms with Gasteiger partial charge in [-0.25, -0.2) is 4.79 Å². The van der Waals surface area contributed by atoms with Crippen LogP contribution in [0.4, 0.5) is 0 Å². The molecule has 13 heavy (non-hydrogen) atoms. The van der Waals surface area contributed by atoms with Gasteiger partial charge in [0.25, 0.3) is 0 Å². The van der Waals surface area contributed by atoms with Crippen LogP contribution in [0.1, 0.15) is 39.5 Å². The van der Waals surface area contributed by atoms with Gasteiger partial charge in [0.2, 0.25) is 0 Å². The molecule has 1 unspecified atom stereocenters. The molecule has 1 atom stereocenters. The lowest BCUT2D eigenvalue weighted by molar-refractivity contribution is -0.155. The molecular formula is C10H20O3. The fourth-order valence-corrected chi connectivity index (χ4v) is 1.15. The van der Waals surface area contributed by atoms with Crippen molar-refractivity contribution in [3.8, 4) is 0 Å². The Bertz CT molecular complexity index is 134. The minimum absolute atomic E-state index is 0.235. The van der Waals surface area contributed by atoms with E-state index in [2.05, 4.69) is 6.92 Å². The largest absolute Gasteiger partial charge is 0.464 e. The predicted octanol–water partition coefficient (Wildman–Crippen LogP) is 2.14. The number of ether oxygens (including phenoxy) is 2. The maximum atomic E-state index is 11.2. The Kier molecular flexibility index (Phi) is 7.69. The van der Waals surface area contributed by atoms with Gasteiger partial charge in [-0.05, 0) is 13.3 Å². The molecule has 0 aromatic carbocycles. The first kappa shape index (κ1) is 12.4. The molecule has 0 amide bonds. The number of methoxy groups -OCH3 is 1. The van der Waals surface area contributed by atoms with Crippen LogP contribution in [0.3, 0.4) is 0 Å². The van der Waals surface area contributed by atoms with Crippen LogP contribution in [0.15, 0.2) is 0 Å². The van der Waals surface area contributed by atoms with E-state index in [0.717, 1.165) is 25.7 Å². The second-order valence-corrected chi connectivity index (χ2v) is 2.97. The van der Waals surface area contributed by atoms with Gasteiger partial charge in [0, 0.05) is 7.11 Å². The maximum absolute atomic E-state index is 11.2. The zero-order valence-corrected chi connectivity index (χ0v) is 8.84. The lowest BCUT2D eigenvalue weighted by Gasteiger charge is -2.12. The maximum Gasteiger partial charge on any atom is 0.335 e. The van der Waals surface area contributed by atoms with Gasteiger partial charge in [-0.3, -0.25) is 0 Å². The molecule has 0 heterocycles. The predicted molar refractivity (Wildman–Crippen MR) is 51.6 cm³/mol. The van der Waals surface area contributed by atoms with Crippen LogP contribution in [0, 0.1) is 0 Å². The summed E-state index contributed by atoms with van der Waals surface area (Å²) in [5, 5.41) is 0. The van der Waals surface area contributed by atoms with Crippen molar-refractivity contribution in [3.63, 3.8) is 0 Å². The van der Waals surface area contributed by atoms with Crippen LogP contribution in [0.2, 0.25) is 0 Å². The van der Waals surface area contributed by atoms with Crippen LogP contribution in [-0.2, 0) is 14.3 Å². The van der Waals surface area contributed by atoms with E-state index < -0.39 is 0 Å². The molecule has 0 aliphatic carbocycles. The average molecular weight is 188 g/mol. The van der Waals surface area contributed by atoms with Gasteiger partial charge in [-0.1, -0.05) is 26.2 Å². The molecule has 0 N–H and O–H groups in total. The van der Waals surface area contributed by atoms with Crippen molar-refractivity contribution in [1.29, 1.82) is 0 Å². The highest BCUT2D eigenvalue weighted by Crippen LogP contribution is 2.07. The highest BCUT2D eigenvalue weighted by Gasteiger charge is 2.17. The minimum Gasteiger partial charge on any atom is -0.464 e. The molecule has 0 fully saturated rings. The van der Waals surface area contributed by atoms with Gasteiger partial charge in [-0.2, -0.15) is 0 Å². The van der Waals surface area contributed by atoms with E-state index in [1.165, 1.54) is 0 Å². The normalized spacial score (nSPS) is 12.5. The topological polar surface area (TPSA) is 35.5 Å². The number of carbonyl (C=O) groups excluding carboxylic acids is 1. The number of hydrogen-bond donors (Lipinski definition) is 0. The van der Waals surface area contributed by atoms with Crippen LogP contribution in [-0.4, -0.2) is 25.8 Å². The highest BCUT2D eigenvalue weighted by atomic mass is 16.6. The molecule has 78 valence electrons. The van der Waals surface area contributed by atoms with E-state index in [1.807, 2.05) is 0 Å². The first-order chi connectivity index (χ1) is 6.26. The van der Waals surface area contributed by atoms with Gasteiger partial charge in [0.05, 0.1) is 6.61 Å². The summed E-state index contributed by atoms with van der Waals surface area (Å²) in [6.07, 6.45) is 3.71. The molecule has 0 bridgehead atoms. The molecule has 0 aromatic heterocycles. The van der Waals surface area contributed by atoms with E-state index in [-0.39, 0.29) is 12.1 Å². The zero-order valence-electron chi connectivity index (χ0n) is 8.84. The Morgan fingerprint density at radius 2 is 2.00 bits per heavy atom. The molecule has 0 rings (SSSR count). The summed E-state index contributed by atoms with van der Waals surface area (Å²) < 4.78 is 9.90. The van der Waals surface area contributed by atoms with Gasteiger partial charge < -0.3 is 9.47 Å². The molecule has 0 aliphatic heterocycles. The van der Waals surface area contributed by atoms with Crippen molar-refractivity contribution in [1.82, 2.24) is 0 Å². The highest BCUT2D eigenvalue weighted by molar-refractivity contribution is 5.74. The van der Waals surface area contributed by atoms with Crippen molar-refractivity contribution in [2.24, 2.45) is 0 Å². The van der Waals surface area contributed by atoms with Crippen LogP contribution < -0.4 is 0 Å². The Balaban J connectivity index is 3.67. The fourth-order valence-electron chi connectivity index (χ4n) is 1.15. The summed E-state index contributed by atoms with van der Waals surface area (Å²) in [6.45, 7) is 4.36. The lowest BCUT2D eigenvalue weighted by Crippen LogP contribution is -2.25. The van der Waals surface area contributed by atoms with Gasteiger partial charge >= 0.3 is 5.97 Å². The molecular weight excluding hydrogens is 168 g/mol. The number of unbranched alkanes of at least 4 members (excludes halogenated alkanes) is 2. The van der Waals surface area contributed by atoms with E-state index in [4.69, 9.17) is 9.47 Å². The second-order valence-electron chi connectivity index (χ2n) is 2.97. The minimum atomic E-state index is -0.369. The molecule has 0 radical (unpaired) electrons. The van der Waals surface area contributed by atoms with E-state index in [1.54, 1.807) is 14.0 Å². The van der Waals surface area contributed by atoms with Crippen LogP contribution >= 0.6 is 0 Å². The standard InChI is InChI=1S/C10H20O3/c1-4-6-7-8-9(12-3)10(11)13-5-2/h9H,4-8H2,1-3H3. The number of carbonyl (C=O) groups is 1. The molecule has 3 nitrogen and oxygen atoms in total. The summed E-state index contributed by atoms with van der Waals surface area (Å²) in [5.41, 5.74) is 0. The Morgan fingerprint density at radius 1 is 1.31 bits per heavy atom. The van der Waals surface area contributed by atoms with Crippen molar-refractivity contribution >= 4 is 5.97 Å². The monoisotopic (exact) mass is 188 g/mol. The summed E-state index contributed by atoms with van der Waals surface area (Å²) in [4.78, 5) is 11.2. The Morgan fingerprint density at radius 3 is 2.46 bits per heavy atom. The smallest absolute Gasteiger partial charge is 0.335 e. The van der Waals surface area contributed by atoms with E-state index in [0.29, 0.717) is 6.61 Å². The van der Waals surface area contributed by atoms with E-state index in [9.17, 15) is 4.79 Å². The molecule has 0 saturated heterocycles. The van der Waals surface area contributed by atoms with Crippen molar-refractivity contribution in [2.75, 3.05) is 13.7 Å².